The van der Waals surface area contributed by atoms with Crippen molar-refractivity contribution in [3.8, 4) is 5.75 Å². The predicted molar refractivity (Wildman–Crippen MR) is 78.5 cm³/mol. The minimum Gasteiger partial charge on any atom is -0.494 e. The second kappa shape index (κ2) is 8.19. The zero-order chi connectivity index (χ0) is 15.1. The summed E-state index contributed by atoms with van der Waals surface area (Å²) in [6.45, 7) is 6.00. The van der Waals surface area contributed by atoms with E-state index in [2.05, 4.69) is 18.7 Å². The van der Waals surface area contributed by atoms with E-state index in [0.29, 0.717) is 13.2 Å². The summed E-state index contributed by atoms with van der Waals surface area (Å²) in [5, 5.41) is 0. The molecule has 2 atom stereocenters. The Labute approximate surface area is 120 Å². The highest BCUT2D eigenvalue weighted by atomic mass is 19.1. The van der Waals surface area contributed by atoms with Crippen LogP contribution < -0.4 is 10.5 Å². The number of rotatable bonds is 8. The number of nitrogens with zero attached hydrogens (tertiary/aromatic N) is 1. The lowest BCUT2D eigenvalue weighted by atomic mass is 10.0. The first-order valence-electron chi connectivity index (χ1n) is 6.87. The Hall–Kier alpha value is -1.17. The van der Waals surface area contributed by atoms with Gasteiger partial charge in [-0.05, 0) is 31.2 Å². The van der Waals surface area contributed by atoms with E-state index in [1.807, 2.05) is 6.07 Å². The number of methoxy groups -OCH3 is 2. The Morgan fingerprint density at radius 2 is 2.05 bits per heavy atom. The van der Waals surface area contributed by atoms with E-state index in [1.165, 1.54) is 13.2 Å². The van der Waals surface area contributed by atoms with Crippen LogP contribution in [0.1, 0.15) is 25.5 Å². The van der Waals surface area contributed by atoms with Crippen LogP contribution >= 0.6 is 0 Å². The van der Waals surface area contributed by atoms with Gasteiger partial charge in [0.05, 0.1) is 13.7 Å². The summed E-state index contributed by atoms with van der Waals surface area (Å²) in [6.07, 6.45) is 0. The van der Waals surface area contributed by atoms with Crippen LogP contribution in [-0.4, -0.2) is 44.9 Å². The maximum atomic E-state index is 13.9. The minimum atomic E-state index is -0.362. The van der Waals surface area contributed by atoms with Gasteiger partial charge < -0.3 is 15.2 Å². The molecule has 0 radical (unpaired) electrons. The minimum absolute atomic E-state index is 0.0365. The summed E-state index contributed by atoms with van der Waals surface area (Å²) in [5.74, 6) is -0.114. The molecule has 114 valence electrons. The van der Waals surface area contributed by atoms with Gasteiger partial charge >= 0.3 is 0 Å². The molecule has 1 aromatic rings. The van der Waals surface area contributed by atoms with Crippen LogP contribution in [0.2, 0.25) is 0 Å². The molecule has 0 aromatic heterocycles. The molecule has 0 aliphatic carbocycles. The van der Waals surface area contributed by atoms with Crippen LogP contribution in [0.25, 0.3) is 0 Å². The zero-order valence-electron chi connectivity index (χ0n) is 12.7. The van der Waals surface area contributed by atoms with Gasteiger partial charge in [-0.3, -0.25) is 4.90 Å². The van der Waals surface area contributed by atoms with Gasteiger partial charge in [-0.15, -0.1) is 0 Å². The quantitative estimate of drug-likeness (QED) is 0.795. The Bertz CT molecular complexity index is 415. The van der Waals surface area contributed by atoms with Crippen molar-refractivity contribution in [2.45, 2.75) is 25.9 Å². The largest absolute Gasteiger partial charge is 0.494 e. The molecule has 0 aliphatic rings. The number of halogens is 1. The third-order valence-corrected chi connectivity index (χ3v) is 3.52. The lowest BCUT2D eigenvalue weighted by molar-refractivity contribution is 0.0750. The van der Waals surface area contributed by atoms with Gasteiger partial charge in [-0.1, -0.05) is 13.0 Å². The van der Waals surface area contributed by atoms with E-state index in [1.54, 1.807) is 13.2 Å². The molecule has 0 bridgehead atoms. The zero-order valence-corrected chi connectivity index (χ0v) is 12.7. The molecule has 0 saturated heterocycles. The molecular weight excluding hydrogens is 259 g/mol. The van der Waals surface area contributed by atoms with Crippen LogP contribution in [-0.2, 0) is 4.74 Å². The average molecular weight is 284 g/mol. The molecule has 0 amide bonds. The van der Waals surface area contributed by atoms with Crippen LogP contribution in [0.4, 0.5) is 4.39 Å². The van der Waals surface area contributed by atoms with Crippen molar-refractivity contribution in [2.24, 2.45) is 5.73 Å². The van der Waals surface area contributed by atoms with Crippen molar-refractivity contribution in [1.82, 2.24) is 4.90 Å². The van der Waals surface area contributed by atoms with Gasteiger partial charge in [-0.2, -0.15) is 0 Å². The molecule has 5 heteroatoms. The first-order chi connectivity index (χ1) is 9.58. The lowest BCUT2D eigenvalue weighted by Crippen LogP contribution is -2.42. The van der Waals surface area contributed by atoms with Crippen molar-refractivity contribution in [3.63, 3.8) is 0 Å². The number of nitrogens with two attached hydrogens (primary N) is 1. The molecule has 1 aromatic carbocycles. The van der Waals surface area contributed by atoms with Gasteiger partial charge in [0.15, 0.2) is 11.6 Å². The molecular formula is C15H25FN2O2. The fraction of sp³-hybridized carbons (Fsp3) is 0.600. The molecule has 0 fully saturated rings. The maximum Gasteiger partial charge on any atom is 0.165 e. The van der Waals surface area contributed by atoms with E-state index >= 15 is 0 Å². The molecule has 0 spiro atoms. The normalized spacial score (nSPS) is 14.3. The van der Waals surface area contributed by atoms with E-state index in [0.717, 1.165) is 12.1 Å². The van der Waals surface area contributed by atoms with E-state index in [-0.39, 0.29) is 23.7 Å². The van der Waals surface area contributed by atoms with Crippen LogP contribution in [0.3, 0.4) is 0 Å². The standard InChI is InChI=1S/C15H25FN2O2/c1-5-18(11(2)10-19-3)14(9-17)12-6-7-15(20-4)13(16)8-12/h6-8,11,14H,5,9-10,17H2,1-4H3. The summed E-state index contributed by atoms with van der Waals surface area (Å²) in [5.41, 5.74) is 6.76. The first-order valence-corrected chi connectivity index (χ1v) is 6.87. The van der Waals surface area contributed by atoms with Crippen molar-refractivity contribution in [1.29, 1.82) is 0 Å². The predicted octanol–water partition coefficient (Wildman–Crippen LogP) is 2.19. The van der Waals surface area contributed by atoms with Crippen molar-refractivity contribution < 1.29 is 13.9 Å². The summed E-state index contributed by atoms with van der Waals surface area (Å²) < 4.78 is 24.0. The maximum absolute atomic E-state index is 13.9. The van der Waals surface area contributed by atoms with Gasteiger partial charge in [0.2, 0.25) is 0 Å². The van der Waals surface area contributed by atoms with Gasteiger partial charge in [0.25, 0.3) is 0 Å². The van der Waals surface area contributed by atoms with E-state index < -0.39 is 0 Å². The molecule has 20 heavy (non-hydrogen) atoms. The van der Waals surface area contributed by atoms with Crippen LogP contribution in [0.15, 0.2) is 18.2 Å². The highest BCUT2D eigenvalue weighted by molar-refractivity contribution is 5.31. The van der Waals surface area contributed by atoms with Crippen LogP contribution in [0.5, 0.6) is 5.75 Å². The van der Waals surface area contributed by atoms with Crippen LogP contribution in [0, 0.1) is 5.82 Å². The van der Waals surface area contributed by atoms with Gasteiger partial charge in [-0.25, -0.2) is 4.39 Å². The second-order valence-corrected chi connectivity index (χ2v) is 4.78. The first kappa shape index (κ1) is 16.9. The number of hydrogen-bond donors (Lipinski definition) is 1. The molecule has 2 N–H and O–H groups in total. The highest BCUT2D eigenvalue weighted by Gasteiger charge is 2.23. The summed E-state index contributed by atoms with van der Waals surface area (Å²) >= 11 is 0. The fourth-order valence-electron chi connectivity index (χ4n) is 2.53. The monoisotopic (exact) mass is 284 g/mol. The van der Waals surface area contributed by atoms with Crippen molar-refractivity contribution in [3.05, 3.63) is 29.6 Å². The molecule has 0 aliphatic heterocycles. The van der Waals surface area contributed by atoms with E-state index in [9.17, 15) is 4.39 Å². The second-order valence-electron chi connectivity index (χ2n) is 4.78. The topological polar surface area (TPSA) is 47.7 Å². The smallest absolute Gasteiger partial charge is 0.165 e. The summed E-state index contributed by atoms with van der Waals surface area (Å²) in [7, 11) is 3.13. The molecule has 0 saturated carbocycles. The number of likely N-dealkylation sites (N-methyl/N-ethyl adjacent to an activating group) is 1. The summed E-state index contributed by atoms with van der Waals surface area (Å²) in [6, 6.07) is 5.18. The number of benzene rings is 1. The Balaban J connectivity index is 3.01. The van der Waals surface area contributed by atoms with Crippen molar-refractivity contribution in [2.75, 3.05) is 33.9 Å². The highest BCUT2D eigenvalue weighted by Crippen LogP contribution is 2.26. The van der Waals surface area contributed by atoms with E-state index in [4.69, 9.17) is 15.2 Å². The third kappa shape index (κ3) is 3.91. The molecule has 2 unspecified atom stereocenters. The average Bonchev–Trinajstić information content (AvgIpc) is 2.44. The fourth-order valence-corrected chi connectivity index (χ4v) is 2.53. The Kier molecular flexibility index (Phi) is 6.91. The van der Waals surface area contributed by atoms with Crippen molar-refractivity contribution >= 4 is 0 Å². The molecule has 4 nitrogen and oxygen atoms in total. The summed E-state index contributed by atoms with van der Waals surface area (Å²) in [4.78, 5) is 2.21. The number of ether oxygens (including phenoxy) is 2. The third-order valence-electron chi connectivity index (χ3n) is 3.52. The van der Waals surface area contributed by atoms with Gasteiger partial charge in [0, 0.05) is 25.7 Å². The molecule has 1 rings (SSSR count). The van der Waals surface area contributed by atoms with Gasteiger partial charge in [0.1, 0.15) is 0 Å². The SMILES string of the molecule is CCN(C(C)COC)C(CN)c1ccc(OC)c(F)c1. The Morgan fingerprint density at radius 3 is 2.50 bits per heavy atom. The molecule has 0 heterocycles. The Morgan fingerprint density at radius 1 is 1.35 bits per heavy atom. The lowest BCUT2D eigenvalue weighted by Gasteiger charge is -2.35. The number of hydrogen-bond acceptors (Lipinski definition) is 4.